The minimum Gasteiger partial charge on any atom is -0.497 e. The van der Waals surface area contributed by atoms with Gasteiger partial charge in [0.2, 0.25) is 11.9 Å². The third-order valence-electron chi connectivity index (χ3n) is 4.54. The van der Waals surface area contributed by atoms with Crippen LogP contribution < -0.4 is 15.8 Å². The van der Waals surface area contributed by atoms with Crippen LogP contribution in [0.1, 0.15) is 25.6 Å². The first-order chi connectivity index (χ1) is 13.6. The molecule has 1 aromatic heterocycles. The molecule has 1 aliphatic heterocycles. The van der Waals surface area contributed by atoms with Gasteiger partial charge in [-0.3, -0.25) is 9.69 Å². The molecule has 3 N–H and O–H groups in total. The number of hydrogen-bond acceptors (Lipinski definition) is 9. The van der Waals surface area contributed by atoms with Crippen molar-refractivity contribution in [2.45, 2.75) is 26.3 Å². The molecule has 3 rings (SSSR count). The number of benzene rings is 1. The Balaban J connectivity index is 1.66. The number of piperidine rings is 1. The van der Waals surface area contributed by atoms with Gasteiger partial charge in [0.25, 0.3) is 0 Å². The summed E-state index contributed by atoms with van der Waals surface area (Å²) >= 11 is 0. The number of nitrogens with two attached hydrogens (primary N) is 1. The Morgan fingerprint density at radius 1 is 1.29 bits per heavy atom. The normalized spacial score (nSPS) is 17.1. The smallest absolute Gasteiger partial charge is 0.310 e. The summed E-state index contributed by atoms with van der Waals surface area (Å²) in [4.78, 5) is 27.0. The van der Waals surface area contributed by atoms with Crippen LogP contribution in [0.25, 0.3) is 0 Å². The highest BCUT2D eigenvalue weighted by atomic mass is 16.5. The first-order valence-electron chi connectivity index (χ1n) is 9.38. The molecule has 0 aliphatic carbocycles. The molecule has 9 nitrogen and oxygen atoms in total. The molecule has 1 atom stereocenters. The summed E-state index contributed by atoms with van der Waals surface area (Å²) in [6.45, 7) is 4.23. The number of ether oxygens (including phenoxy) is 2. The third kappa shape index (κ3) is 5.29. The van der Waals surface area contributed by atoms with Gasteiger partial charge in [-0.05, 0) is 50.6 Å². The lowest BCUT2D eigenvalue weighted by molar-refractivity contribution is -0.150. The van der Waals surface area contributed by atoms with Gasteiger partial charge in [0.15, 0.2) is 0 Å². The van der Waals surface area contributed by atoms with Crippen LogP contribution in [0.4, 0.5) is 17.6 Å². The third-order valence-corrected chi connectivity index (χ3v) is 4.54. The van der Waals surface area contributed by atoms with Crippen molar-refractivity contribution in [1.82, 2.24) is 19.9 Å². The van der Waals surface area contributed by atoms with Crippen LogP contribution in [0, 0.1) is 5.92 Å². The minimum absolute atomic E-state index is 0.107. The number of nitrogen functional groups attached to an aromatic ring is 1. The Kier molecular flexibility index (Phi) is 6.59. The van der Waals surface area contributed by atoms with Gasteiger partial charge in [-0.2, -0.15) is 15.0 Å². The van der Waals surface area contributed by atoms with Crippen LogP contribution in [0.2, 0.25) is 0 Å². The summed E-state index contributed by atoms with van der Waals surface area (Å²) in [6, 6.07) is 7.42. The van der Waals surface area contributed by atoms with E-state index in [1.54, 1.807) is 7.11 Å². The van der Waals surface area contributed by atoms with Crippen molar-refractivity contribution in [2.75, 3.05) is 37.9 Å². The van der Waals surface area contributed by atoms with E-state index in [0.29, 0.717) is 31.5 Å². The standard InChI is InChI=1S/C19H26N6O3/c1-3-28-17(26)13-5-4-10-25(11-13)12-16-22-18(20)24-19(23-16)21-14-6-8-15(27-2)9-7-14/h6-9,13H,3-5,10-12H2,1-2H3,(H3,20,21,22,23,24)/t13-/m0/s1. The number of nitrogens with one attached hydrogen (secondary N) is 1. The number of rotatable bonds is 7. The van der Waals surface area contributed by atoms with Crippen molar-refractivity contribution in [3.8, 4) is 5.75 Å². The molecular weight excluding hydrogens is 360 g/mol. The summed E-state index contributed by atoms with van der Waals surface area (Å²) in [6.07, 6.45) is 1.78. The molecule has 0 amide bonds. The molecule has 9 heteroatoms. The van der Waals surface area contributed by atoms with Gasteiger partial charge in [-0.15, -0.1) is 0 Å². The number of methoxy groups -OCH3 is 1. The van der Waals surface area contributed by atoms with Gasteiger partial charge in [0.05, 0.1) is 26.2 Å². The Morgan fingerprint density at radius 3 is 2.79 bits per heavy atom. The lowest BCUT2D eigenvalue weighted by atomic mass is 9.98. The first-order valence-corrected chi connectivity index (χ1v) is 9.38. The van der Waals surface area contributed by atoms with Crippen LogP contribution in [-0.2, 0) is 16.1 Å². The van der Waals surface area contributed by atoms with Gasteiger partial charge in [0, 0.05) is 12.2 Å². The second-order valence-electron chi connectivity index (χ2n) is 6.61. The zero-order valence-electron chi connectivity index (χ0n) is 16.2. The Morgan fingerprint density at radius 2 is 2.07 bits per heavy atom. The van der Waals surface area contributed by atoms with E-state index in [9.17, 15) is 4.79 Å². The summed E-state index contributed by atoms with van der Waals surface area (Å²) in [5, 5.41) is 3.13. The van der Waals surface area contributed by atoms with Crippen LogP contribution in [0.15, 0.2) is 24.3 Å². The van der Waals surface area contributed by atoms with Crippen molar-refractivity contribution in [1.29, 1.82) is 0 Å². The molecule has 1 aromatic carbocycles. The van der Waals surface area contributed by atoms with Crippen LogP contribution in [0.5, 0.6) is 5.75 Å². The van der Waals surface area contributed by atoms with Gasteiger partial charge >= 0.3 is 5.97 Å². The first kappa shape index (κ1) is 19.8. The number of hydrogen-bond donors (Lipinski definition) is 2. The van der Waals surface area contributed by atoms with E-state index in [0.717, 1.165) is 30.8 Å². The van der Waals surface area contributed by atoms with Crippen LogP contribution in [-0.4, -0.2) is 52.6 Å². The molecule has 1 saturated heterocycles. The fourth-order valence-electron chi connectivity index (χ4n) is 3.22. The molecule has 0 spiro atoms. The predicted molar refractivity (Wildman–Crippen MR) is 105 cm³/mol. The summed E-state index contributed by atoms with van der Waals surface area (Å²) in [5.41, 5.74) is 6.68. The molecule has 2 aromatic rings. The van der Waals surface area contributed by atoms with Gasteiger partial charge in [0.1, 0.15) is 11.6 Å². The van der Waals surface area contributed by atoms with E-state index in [1.165, 1.54) is 0 Å². The fraction of sp³-hybridized carbons (Fsp3) is 0.474. The molecule has 0 saturated carbocycles. The fourth-order valence-corrected chi connectivity index (χ4v) is 3.22. The van der Waals surface area contributed by atoms with Crippen LogP contribution in [0.3, 0.4) is 0 Å². The van der Waals surface area contributed by atoms with Crippen molar-refractivity contribution in [2.24, 2.45) is 5.92 Å². The van der Waals surface area contributed by atoms with E-state index >= 15 is 0 Å². The van der Waals surface area contributed by atoms with Gasteiger partial charge in [-0.25, -0.2) is 0 Å². The number of anilines is 3. The summed E-state index contributed by atoms with van der Waals surface area (Å²) in [7, 11) is 1.62. The Hall–Kier alpha value is -2.94. The molecule has 0 bridgehead atoms. The molecular formula is C19H26N6O3. The minimum atomic E-state index is -0.135. The largest absolute Gasteiger partial charge is 0.497 e. The Bertz CT molecular complexity index is 799. The number of esters is 1. The molecule has 28 heavy (non-hydrogen) atoms. The number of carbonyl (C=O) groups is 1. The second-order valence-corrected chi connectivity index (χ2v) is 6.61. The molecule has 2 heterocycles. The highest BCUT2D eigenvalue weighted by molar-refractivity contribution is 5.72. The monoisotopic (exact) mass is 386 g/mol. The van der Waals surface area contributed by atoms with E-state index in [4.69, 9.17) is 15.2 Å². The lowest BCUT2D eigenvalue weighted by Gasteiger charge is -2.30. The number of nitrogens with zero attached hydrogens (tertiary/aromatic N) is 4. The average molecular weight is 386 g/mol. The quantitative estimate of drug-likeness (QED) is 0.689. The highest BCUT2D eigenvalue weighted by Crippen LogP contribution is 2.21. The summed E-state index contributed by atoms with van der Waals surface area (Å²) < 4.78 is 10.3. The molecule has 1 fully saturated rings. The van der Waals surface area contributed by atoms with Crippen LogP contribution >= 0.6 is 0 Å². The Labute approximate surface area is 164 Å². The molecule has 1 aliphatic rings. The van der Waals surface area contributed by atoms with E-state index in [-0.39, 0.29) is 17.8 Å². The van der Waals surface area contributed by atoms with Gasteiger partial charge in [-0.1, -0.05) is 0 Å². The second kappa shape index (κ2) is 9.32. The van der Waals surface area contributed by atoms with Crippen molar-refractivity contribution < 1.29 is 14.3 Å². The maximum absolute atomic E-state index is 12.0. The number of likely N-dealkylation sites (tertiary alicyclic amines) is 1. The van der Waals surface area contributed by atoms with E-state index in [2.05, 4.69) is 25.2 Å². The molecule has 0 radical (unpaired) electrons. The maximum Gasteiger partial charge on any atom is 0.310 e. The number of aromatic nitrogens is 3. The van der Waals surface area contributed by atoms with E-state index in [1.807, 2.05) is 31.2 Å². The maximum atomic E-state index is 12.0. The van der Waals surface area contributed by atoms with E-state index < -0.39 is 0 Å². The van der Waals surface area contributed by atoms with Crippen molar-refractivity contribution in [3.05, 3.63) is 30.1 Å². The van der Waals surface area contributed by atoms with Gasteiger partial charge < -0.3 is 20.5 Å². The van der Waals surface area contributed by atoms with Crippen molar-refractivity contribution >= 4 is 23.6 Å². The lowest BCUT2D eigenvalue weighted by Crippen LogP contribution is -2.39. The topological polar surface area (TPSA) is 115 Å². The number of carbonyl (C=O) groups excluding carboxylic acids is 1. The summed E-state index contributed by atoms with van der Waals surface area (Å²) in [5.74, 6) is 1.62. The highest BCUT2D eigenvalue weighted by Gasteiger charge is 2.27. The predicted octanol–water partition coefficient (Wildman–Crippen LogP) is 1.98. The molecule has 0 unspecified atom stereocenters. The SMILES string of the molecule is CCOC(=O)[C@H]1CCCN(Cc2nc(N)nc(Nc3ccc(OC)cc3)n2)C1. The molecule has 150 valence electrons. The van der Waals surface area contributed by atoms with Crippen molar-refractivity contribution in [3.63, 3.8) is 0 Å². The average Bonchev–Trinajstić information content (AvgIpc) is 2.68. The zero-order chi connectivity index (χ0) is 19.9. The zero-order valence-corrected chi connectivity index (χ0v) is 16.2.